The lowest BCUT2D eigenvalue weighted by Crippen LogP contribution is -2.46. The first-order chi connectivity index (χ1) is 7.93. The first-order valence-corrected chi connectivity index (χ1v) is 7.05. The van der Waals surface area contributed by atoms with Crippen LogP contribution in [-0.2, 0) is 4.79 Å². The third-order valence-corrected chi connectivity index (χ3v) is 3.40. The second-order valence-electron chi connectivity index (χ2n) is 4.05. The highest BCUT2D eigenvalue weighted by atomic mass is 32.2. The number of rotatable bonds is 7. The molecule has 6 heteroatoms. The van der Waals surface area contributed by atoms with E-state index in [1.54, 1.807) is 30.6 Å². The van der Waals surface area contributed by atoms with Gasteiger partial charge in [0.1, 0.15) is 0 Å². The maximum absolute atomic E-state index is 11.8. The zero-order chi connectivity index (χ0) is 13.4. The molecule has 5 nitrogen and oxygen atoms in total. The normalized spacial score (nSPS) is 13.9. The van der Waals surface area contributed by atoms with Crippen LogP contribution in [0, 0.1) is 5.92 Å². The highest BCUT2D eigenvalue weighted by Gasteiger charge is 2.19. The summed E-state index contributed by atoms with van der Waals surface area (Å²) in [5, 5.41) is 11.3. The highest BCUT2D eigenvalue weighted by Crippen LogP contribution is 2.08. The van der Waals surface area contributed by atoms with Crippen molar-refractivity contribution in [2.75, 3.05) is 25.6 Å². The molecule has 0 fully saturated rings. The van der Waals surface area contributed by atoms with Crippen LogP contribution in [0.15, 0.2) is 0 Å². The lowest BCUT2D eigenvalue weighted by atomic mass is 10.2. The summed E-state index contributed by atoms with van der Waals surface area (Å²) in [6, 6.07) is -0.0239. The quantitative estimate of drug-likeness (QED) is 0.729. The van der Waals surface area contributed by atoms with Crippen LogP contribution in [-0.4, -0.2) is 53.6 Å². The van der Waals surface area contributed by atoms with E-state index in [0.29, 0.717) is 0 Å². The number of nitrogens with zero attached hydrogens (tertiary/aromatic N) is 1. The van der Waals surface area contributed by atoms with Crippen LogP contribution in [0.3, 0.4) is 0 Å². The molecule has 0 aromatic heterocycles. The molecule has 0 aromatic rings. The van der Waals surface area contributed by atoms with Crippen LogP contribution < -0.4 is 5.32 Å². The van der Waals surface area contributed by atoms with Crippen LogP contribution in [0.1, 0.15) is 20.3 Å². The molecule has 0 bridgehead atoms. The lowest BCUT2D eigenvalue weighted by Gasteiger charge is -2.27. The molecule has 2 amide bonds. The molecule has 0 saturated heterocycles. The first kappa shape index (κ1) is 16.1. The van der Waals surface area contributed by atoms with Crippen molar-refractivity contribution in [2.24, 2.45) is 5.92 Å². The first-order valence-electron chi connectivity index (χ1n) is 5.66. The van der Waals surface area contributed by atoms with Gasteiger partial charge in [0.2, 0.25) is 0 Å². The number of carboxylic acids is 1. The van der Waals surface area contributed by atoms with E-state index < -0.39 is 11.9 Å². The van der Waals surface area contributed by atoms with Gasteiger partial charge in [-0.1, -0.05) is 13.8 Å². The Balaban J connectivity index is 4.16. The minimum Gasteiger partial charge on any atom is -0.481 e. The van der Waals surface area contributed by atoms with Crippen molar-refractivity contribution in [3.8, 4) is 0 Å². The number of hydrogen-bond acceptors (Lipinski definition) is 3. The van der Waals surface area contributed by atoms with Gasteiger partial charge in [-0.15, -0.1) is 0 Å². The number of carboxylic acid groups (broad SMARTS) is 1. The van der Waals surface area contributed by atoms with E-state index in [2.05, 4.69) is 5.32 Å². The summed E-state index contributed by atoms with van der Waals surface area (Å²) in [5.41, 5.74) is 0. The van der Waals surface area contributed by atoms with Crippen molar-refractivity contribution in [3.05, 3.63) is 0 Å². The van der Waals surface area contributed by atoms with Gasteiger partial charge in [0.25, 0.3) is 0 Å². The van der Waals surface area contributed by atoms with Crippen molar-refractivity contribution < 1.29 is 14.7 Å². The van der Waals surface area contributed by atoms with Crippen molar-refractivity contribution in [3.63, 3.8) is 0 Å². The zero-order valence-corrected chi connectivity index (χ0v) is 11.7. The van der Waals surface area contributed by atoms with Crippen LogP contribution in [0.5, 0.6) is 0 Å². The number of aliphatic carboxylic acids is 1. The summed E-state index contributed by atoms with van der Waals surface area (Å²) in [6.45, 7) is 3.76. The van der Waals surface area contributed by atoms with E-state index in [0.717, 1.165) is 12.2 Å². The molecule has 100 valence electrons. The molecule has 2 atom stereocenters. The number of hydrogen-bond donors (Lipinski definition) is 2. The minimum atomic E-state index is -0.899. The van der Waals surface area contributed by atoms with Gasteiger partial charge in [-0.25, -0.2) is 4.79 Å². The van der Waals surface area contributed by atoms with Gasteiger partial charge in [-0.3, -0.25) is 4.79 Å². The van der Waals surface area contributed by atoms with E-state index in [-0.39, 0.29) is 18.6 Å². The predicted octanol–water partition coefficient (Wildman–Crippen LogP) is 1.49. The Bertz CT molecular complexity index is 261. The number of carbonyl (C=O) groups is 2. The Kier molecular flexibility index (Phi) is 7.78. The molecule has 0 aliphatic carbocycles. The summed E-state index contributed by atoms with van der Waals surface area (Å²) in [5.74, 6) is -0.577. The van der Waals surface area contributed by atoms with Crippen LogP contribution in [0.2, 0.25) is 0 Å². The smallest absolute Gasteiger partial charge is 0.317 e. The number of urea groups is 1. The molecule has 0 saturated carbocycles. The average Bonchev–Trinajstić information content (AvgIpc) is 2.31. The number of carbonyl (C=O) groups excluding carboxylic acids is 1. The largest absolute Gasteiger partial charge is 0.481 e. The van der Waals surface area contributed by atoms with E-state index in [4.69, 9.17) is 5.11 Å². The number of thioether (sulfide) groups is 1. The Morgan fingerprint density at radius 1 is 1.47 bits per heavy atom. The Hall–Kier alpha value is -0.910. The number of nitrogens with one attached hydrogen (secondary N) is 1. The molecule has 0 aliphatic heterocycles. The predicted molar refractivity (Wildman–Crippen MR) is 70.4 cm³/mol. The third-order valence-electron chi connectivity index (χ3n) is 2.68. The molecule has 0 aliphatic rings. The maximum Gasteiger partial charge on any atom is 0.317 e. The maximum atomic E-state index is 11.8. The SMILES string of the molecule is CCC(CSC)N(C)C(=O)NCC(C)C(=O)O. The molecular weight excluding hydrogens is 240 g/mol. The van der Waals surface area contributed by atoms with Crippen molar-refractivity contribution in [1.82, 2.24) is 10.2 Å². The fraction of sp³-hybridized carbons (Fsp3) is 0.818. The van der Waals surface area contributed by atoms with E-state index >= 15 is 0 Å². The second-order valence-corrected chi connectivity index (χ2v) is 4.96. The topological polar surface area (TPSA) is 69.6 Å². The molecule has 0 spiro atoms. The molecule has 0 radical (unpaired) electrons. The van der Waals surface area contributed by atoms with Gasteiger partial charge in [-0.2, -0.15) is 11.8 Å². The molecule has 0 rings (SSSR count). The van der Waals surface area contributed by atoms with E-state index in [1.165, 1.54) is 0 Å². The fourth-order valence-corrected chi connectivity index (χ4v) is 2.16. The van der Waals surface area contributed by atoms with Gasteiger partial charge in [0.05, 0.1) is 5.92 Å². The standard InChI is InChI=1S/C11H22N2O3S/c1-5-9(7-17-4)13(3)11(16)12-6-8(2)10(14)15/h8-9H,5-7H2,1-4H3,(H,12,16)(H,14,15). The highest BCUT2D eigenvalue weighted by molar-refractivity contribution is 7.98. The molecule has 2 unspecified atom stereocenters. The monoisotopic (exact) mass is 262 g/mol. The molecular formula is C11H22N2O3S. The molecule has 2 N–H and O–H groups in total. The van der Waals surface area contributed by atoms with Gasteiger partial charge in [-0.05, 0) is 12.7 Å². The summed E-state index contributed by atoms with van der Waals surface area (Å²) >= 11 is 1.69. The van der Waals surface area contributed by atoms with Crippen molar-refractivity contribution in [1.29, 1.82) is 0 Å². The van der Waals surface area contributed by atoms with Gasteiger partial charge < -0.3 is 15.3 Å². The Morgan fingerprint density at radius 3 is 2.47 bits per heavy atom. The second kappa shape index (κ2) is 8.22. The summed E-state index contributed by atoms with van der Waals surface area (Å²) in [7, 11) is 1.74. The van der Waals surface area contributed by atoms with Crippen molar-refractivity contribution in [2.45, 2.75) is 26.3 Å². The fourth-order valence-electron chi connectivity index (χ4n) is 1.31. The van der Waals surface area contributed by atoms with Gasteiger partial charge in [0, 0.05) is 25.4 Å². The minimum absolute atomic E-state index is 0.161. The summed E-state index contributed by atoms with van der Waals surface area (Å²) < 4.78 is 0. The average molecular weight is 262 g/mol. The Labute approximate surface area is 107 Å². The molecule has 17 heavy (non-hydrogen) atoms. The van der Waals surface area contributed by atoms with Gasteiger partial charge >= 0.3 is 12.0 Å². The van der Waals surface area contributed by atoms with E-state index in [9.17, 15) is 9.59 Å². The van der Waals surface area contributed by atoms with Crippen LogP contribution >= 0.6 is 11.8 Å². The Morgan fingerprint density at radius 2 is 2.06 bits per heavy atom. The molecule has 0 heterocycles. The van der Waals surface area contributed by atoms with E-state index in [1.807, 2.05) is 13.2 Å². The van der Waals surface area contributed by atoms with Gasteiger partial charge in [0.15, 0.2) is 0 Å². The number of amides is 2. The zero-order valence-electron chi connectivity index (χ0n) is 10.9. The molecule has 0 aromatic carbocycles. The third kappa shape index (κ3) is 5.81. The lowest BCUT2D eigenvalue weighted by molar-refractivity contribution is -0.140. The summed E-state index contributed by atoms with van der Waals surface area (Å²) in [4.78, 5) is 24.0. The van der Waals surface area contributed by atoms with Crippen LogP contribution in [0.25, 0.3) is 0 Å². The van der Waals surface area contributed by atoms with Crippen molar-refractivity contribution >= 4 is 23.8 Å². The summed E-state index contributed by atoms with van der Waals surface area (Å²) in [6.07, 6.45) is 2.89. The van der Waals surface area contributed by atoms with Crippen LogP contribution in [0.4, 0.5) is 4.79 Å².